The molecule has 2 aromatic heterocycles. The van der Waals surface area contributed by atoms with Crippen LogP contribution in [0.5, 0.6) is 0 Å². The van der Waals surface area contributed by atoms with E-state index in [1.54, 1.807) is 0 Å². The van der Waals surface area contributed by atoms with E-state index in [-0.39, 0.29) is 0 Å². The van der Waals surface area contributed by atoms with Crippen molar-refractivity contribution >= 4 is 21.8 Å². The van der Waals surface area contributed by atoms with E-state index in [0.29, 0.717) is 11.4 Å². The lowest BCUT2D eigenvalue weighted by Crippen LogP contribution is -1.99. The molecule has 46 heavy (non-hydrogen) atoms. The fourth-order valence-corrected chi connectivity index (χ4v) is 6.99. The average Bonchev–Trinajstić information content (AvgIpc) is 3.68. The second-order valence-corrected chi connectivity index (χ2v) is 11.7. The van der Waals surface area contributed by atoms with E-state index in [0.717, 1.165) is 45.7 Å². The van der Waals surface area contributed by atoms with E-state index in [9.17, 15) is 5.26 Å². The van der Waals surface area contributed by atoms with Gasteiger partial charge in [0, 0.05) is 45.1 Å². The van der Waals surface area contributed by atoms with Crippen molar-refractivity contribution in [1.29, 1.82) is 5.26 Å². The lowest BCUT2D eigenvalue weighted by molar-refractivity contribution is 1.13. The molecular formula is C42H26N4. The average molecular weight is 587 g/mol. The number of hydrogen-bond acceptors (Lipinski definition) is 3. The molecule has 0 saturated carbocycles. The maximum atomic E-state index is 9.41. The van der Waals surface area contributed by atoms with Crippen LogP contribution in [-0.4, -0.2) is 14.5 Å². The van der Waals surface area contributed by atoms with Crippen LogP contribution in [0.3, 0.4) is 0 Å². The predicted octanol–water partition coefficient (Wildman–Crippen LogP) is 10.0. The summed E-state index contributed by atoms with van der Waals surface area (Å²) in [4.78, 5) is 10.3. The molecule has 8 aromatic rings. The number of para-hydroxylation sites is 2. The third-order valence-electron chi connectivity index (χ3n) is 9.11. The molecule has 0 N–H and O–H groups in total. The van der Waals surface area contributed by atoms with Crippen molar-refractivity contribution in [1.82, 2.24) is 14.5 Å². The van der Waals surface area contributed by atoms with E-state index >= 15 is 0 Å². The first-order valence-electron chi connectivity index (χ1n) is 15.4. The molecule has 4 heteroatoms. The number of nitrogens with zero attached hydrogens (tertiary/aromatic N) is 4. The monoisotopic (exact) mass is 586 g/mol. The Kier molecular flexibility index (Phi) is 5.91. The topological polar surface area (TPSA) is 54.5 Å². The Morgan fingerprint density at radius 3 is 1.89 bits per heavy atom. The lowest BCUT2D eigenvalue weighted by atomic mass is 9.95. The highest BCUT2D eigenvalue weighted by atomic mass is 15.0. The van der Waals surface area contributed by atoms with Gasteiger partial charge in [-0.1, -0.05) is 109 Å². The Hall–Kier alpha value is -6.31. The summed E-state index contributed by atoms with van der Waals surface area (Å²) in [6.07, 6.45) is 0.727. The molecule has 1 aliphatic carbocycles. The number of fused-ring (bicyclic) bond motifs is 6. The number of benzene rings is 6. The van der Waals surface area contributed by atoms with Crippen molar-refractivity contribution in [3.8, 4) is 56.8 Å². The molecule has 9 rings (SSSR count). The van der Waals surface area contributed by atoms with Gasteiger partial charge in [0.25, 0.3) is 0 Å². The Balaban J connectivity index is 1.22. The highest BCUT2D eigenvalue weighted by molar-refractivity contribution is 6.09. The molecular weight excluding hydrogens is 560 g/mol. The first-order chi connectivity index (χ1) is 22.8. The standard InChI is InChI=1S/C42H26N4/c43-26-27-20-22-28(23-21-27)40-37-25-36-32(16-9-17-35(36)41(37)45-42(44-40)29-10-2-1-3-11-29)30-12-8-13-31(24-30)46-38-18-6-4-14-33(38)34-15-5-7-19-39(34)46/h1-24H,25H2. The molecule has 0 radical (unpaired) electrons. The number of aromatic nitrogens is 3. The summed E-state index contributed by atoms with van der Waals surface area (Å²) in [5.41, 5.74) is 13.9. The van der Waals surface area contributed by atoms with Gasteiger partial charge in [-0.2, -0.15) is 5.26 Å². The largest absolute Gasteiger partial charge is 0.309 e. The molecule has 4 nitrogen and oxygen atoms in total. The minimum atomic E-state index is 0.631. The van der Waals surface area contributed by atoms with Crippen LogP contribution in [0.1, 0.15) is 16.7 Å². The summed E-state index contributed by atoms with van der Waals surface area (Å²) < 4.78 is 2.37. The van der Waals surface area contributed by atoms with E-state index in [2.05, 4.69) is 114 Å². The minimum absolute atomic E-state index is 0.631. The predicted molar refractivity (Wildman–Crippen MR) is 186 cm³/mol. The van der Waals surface area contributed by atoms with Crippen molar-refractivity contribution in [2.75, 3.05) is 0 Å². The molecule has 214 valence electrons. The Bertz CT molecular complexity index is 2450. The summed E-state index contributed by atoms with van der Waals surface area (Å²) >= 11 is 0. The number of hydrogen-bond donors (Lipinski definition) is 0. The van der Waals surface area contributed by atoms with Gasteiger partial charge < -0.3 is 4.57 Å². The molecule has 6 aromatic carbocycles. The van der Waals surface area contributed by atoms with E-state index < -0.39 is 0 Å². The molecule has 0 unspecified atom stereocenters. The van der Waals surface area contributed by atoms with E-state index in [4.69, 9.17) is 9.97 Å². The Morgan fingerprint density at radius 1 is 0.522 bits per heavy atom. The SMILES string of the molecule is N#Cc1ccc(-c2nc(-c3ccccc3)nc3c2Cc2c(-c4cccc(-n5c6ccccc6c6ccccc65)c4)cccc2-3)cc1. The summed E-state index contributed by atoms with van der Waals surface area (Å²) in [5, 5.41) is 11.9. The summed E-state index contributed by atoms with van der Waals surface area (Å²) in [7, 11) is 0. The third kappa shape index (κ3) is 4.07. The van der Waals surface area contributed by atoms with Crippen LogP contribution in [0.4, 0.5) is 0 Å². The molecule has 0 atom stereocenters. The number of rotatable bonds is 4. The fraction of sp³-hybridized carbons (Fsp3) is 0.0238. The molecule has 1 aliphatic rings. The van der Waals surface area contributed by atoms with Gasteiger partial charge in [0.15, 0.2) is 5.82 Å². The van der Waals surface area contributed by atoms with Gasteiger partial charge in [0.05, 0.1) is 34.1 Å². The van der Waals surface area contributed by atoms with Crippen LogP contribution in [0.2, 0.25) is 0 Å². The van der Waals surface area contributed by atoms with Gasteiger partial charge in [0.1, 0.15) is 0 Å². The maximum absolute atomic E-state index is 9.41. The molecule has 2 heterocycles. The zero-order valence-electron chi connectivity index (χ0n) is 24.9. The lowest BCUT2D eigenvalue weighted by Gasteiger charge is -2.13. The van der Waals surface area contributed by atoms with E-state index in [1.807, 2.05) is 42.5 Å². The Morgan fingerprint density at radius 2 is 1.15 bits per heavy atom. The van der Waals surface area contributed by atoms with Gasteiger partial charge in [-0.05, 0) is 53.1 Å². The van der Waals surface area contributed by atoms with Gasteiger partial charge in [-0.3, -0.25) is 0 Å². The Labute approximate surface area is 266 Å². The normalized spacial score (nSPS) is 11.8. The van der Waals surface area contributed by atoms with Crippen LogP contribution < -0.4 is 0 Å². The van der Waals surface area contributed by atoms with Crippen LogP contribution in [-0.2, 0) is 6.42 Å². The summed E-state index contributed by atoms with van der Waals surface area (Å²) in [6.45, 7) is 0. The fourth-order valence-electron chi connectivity index (χ4n) is 6.99. The van der Waals surface area contributed by atoms with Gasteiger partial charge in [-0.15, -0.1) is 0 Å². The van der Waals surface area contributed by atoms with Crippen LogP contribution in [0, 0.1) is 11.3 Å². The summed E-state index contributed by atoms with van der Waals surface area (Å²) in [5.74, 6) is 0.699. The van der Waals surface area contributed by atoms with Gasteiger partial charge >= 0.3 is 0 Å². The molecule has 0 saturated heterocycles. The molecule has 0 spiro atoms. The highest BCUT2D eigenvalue weighted by Crippen LogP contribution is 2.45. The van der Waals surface area contributed by atoms with Crippen molar-refractivity contribution in [3.05, 3.63) is 162 Å². The van der Waals surface area contributed by atoms with Gasteiger partial charge in [0.2, 0.25) is 0 Å². The van der Waals surface area contributed by atoms with Gasteiger partial charge in [-0.25, -0.2) is 9.97 Å². The van der Waals surface area contributed by atoms with Crippen molar-refractivity contribution in [2.24, 2.45) is 0 Å². The molecule has 0 aliphatic heterocycles. The third-order valence-corrected chi connectivity index (χ3v) is 9.11. The second-order valence-electron chi connectivity index (χ2n) is 11.7. The van der Waals surface area contributed by atoms with Crippen molar-refractivity contribution in [2.45, 2.75) is 6.42 Å². The zero-order valence-corrected chi connectivity index (χ0v) is 24.9. The zero-order chi connectivity index (χ0) is 30.6. The maximum Gasteiger partial charge on any atom is 0.160 e. The minimum Gasteiger partial charge on any atom is -0.309 e. The van der Waals surface area contributed by atoms with Crippen molar-refractivity contribution in [3.63, 3.8) is 0 Å². The first kappa shape index (κ1) is 26.1. The number of nitriles is 1. The van der Waals surface area contributed by atoms with Crippen LogP contribution in [0.15, 0.2) is 146 Å². The molecule has 0 bridgehead atoms. The van der Waals surface area contributed by atoms with Crippen LogP contribution >= 0.6 is 0 Å². The summed E-state index contributed by atoms with van der Waals surface area (Å²) in [6, 6.07) is 52.8. The smallest absolute Gasteiger partial charge is 0.160 e. The molecule has 0 fully saturated rings. The second kappa shape index (κ2) is 10.4. The van der Waals surface area contributed by atoms with E-state index in [1.165, 1.54) is 38.5 Å². The molecule has 0 amide bonds. The first-order valence-corrected chi connectivity index (χ1v) is 15.4. The quantitative estimate of drug-likeness (QED) is 0.206. The van der Waals surface area contributed by atoms with Crippen molar-refractivity contribution < 1.29 is 0 Å². The van der Waals surface area contributed by atoms with Crippen LogP contribution in [0.25, 0.3) is 72.5 Å². The highest BCUT2D eigenvalue weighted by Gasteiger charge is 2.28.